The van der Waals surface area contributed by atoms with Gasteiger partial charge in [0.05, 0.1) is 10.6 Å². The van der Waals surface area contributed by atoms with Gasteiger partial charge >= 0.3 is 0 Å². The number of carbonyl (C=O) groups excluding carboxylic acids is 1. The molecule has 0 spiro atoms. The van der Waals surface area contributed by atoms with E-state index in [1.165, 1.54) is 17.0 Å². The number of para-hydroxylation sites is 1. The lowest BCUT2D eigenvalue weighted by molar-refractivity contribution is 0.0750. The van der Waals surface area contributed by atoms with E-state index < -0.39 is 0 Å². The predicted molar refractivity (Wildman–Crippen MR) is 105 cm³/mol. The average Bonchev–Trinajstić information content (AvgIpc) is 3.32. The van der Waals surface area contributed by atoms with Crippen LogP contribution in [-0.2, 0) is 0 Å². The minimum atomic E-state index is 0.116. The van der Waals surface area contributed by atoms with E-state index in [-0.39, 0.29) is 5.91 Å². The molecule has 3 heterocycles. The quantitative estimate of drug-likeness (QED) is 0.696. The fraction of sp³-hybridized carbons (Fsp3) is 0.263. The maximum Gasteiger partial charge on any atom is 0.265 e. The zero-order valence-electron chi connectivity index (χ0n) is 14.0. The lowest BCUT2D eigenvalue weighted by Gasteiger charge is -2.36. The van der Waals surface area contributed by atoms with E-state index in [0.717, 1.165) is 46.6 Å². The molecule has 0 unspecified atom stereocenters. The molecule has 4 nitrogen and oxygen atoms in total. The predicted octanol–water partition coefficient (Wildman–Crippen LogP) is 4.14. The highest BCUT2D eigenvalue weighted by Gasteiger charge is 2.25. The Bertz CT molecular complexity index is 850. The molecule has 0 saturated carbocycles. The molecule has 1 aromatic carbocycles. The third-order valence-corrected chi connectivity index (χ3v) is 6.60. The van der Waals surface area contributed by atoms with Gasteiger partial charge in [0.2, 0.25) is 0 Å². The van der Waals surface area contributed by atoms with Crippen molar-refractivity contribution in [3.05, 3.63) is 58.4 Å². The molecule has 1 amide bonds. The van der Waals surface area contributed by atoms with Gasteiger partial charge in [-0.3, -0.25) is 4.79 Å². The Morgan fingerprint density at radius 1 is 1.04 bits per heavy atom. The summed E-state index contributed by atoms with van der Waals surface area (Å²) in [7, 11) is 0. The maximum atomic E-state index is 12.9. The highest BCUT2D eigenvalue weighted by atomic mass is 32.1. The molecule has 1 saturated heterocycles. The largest absolute Gasteiger partial charge is 0.368 e. The van der Waals surface area contributed by atoms with E-state index in [9.17, 15) is 4.79 Å². The molecular weight excluding hydrogens is 350 g/mol. The van der Waals surface area contributed by atoms with Crippen LogP contribution >= 0.6 is 22.7 Å². The molecule has 0 N–H and O–H groups in total. The fourth-order valence-electron chi connectivity index (χ4n) is 3.05. The number of rotatable bonds is 3. The van der Waals surface area contributed by atoms with Crippen LogP contribution in [0.4, 0.5) is 5.69 Å². The summed E-state index contributed by atoms with van der Waals surface area (Å²) in [5, 5.41) is 2.98. The number of anilines is 1. The van der Waals surface area contributed by atoms with Crippen molar-refractivity contribution in [2.24, 2.45) is 0 Å². The smallest absolute Gasteiger partial charge is 0.265 e. The second-order valence-corrected chi connectivity index (χ2v) is 7.97. The van der Waals surface area contributed by atoms with Crippen molar-refractivity contribution in [1.29, 1.82) is 0 Å². The number of aryl methyl sites for hydroxylation is 1. The van der Waals surface area contributed by atoms with Gasteiger partial charge < -0.3 is 9.80 Å². The van der Waals surface area contributed by atoms with Crippen LogP contribution in [0.5, 0.6) is 0 Å². The second-order valence-electron chi connectivity index (χ2n) is 6.03. The Labute approximate surface area is 155 Å². The Morgan fingerprint density at radius 3 is 2.48 bits per heavy atom. The first-order valence-electron chi connectivity index (χ1n) is 8.33. The highest BCUT2D eigenvalue weighted by Crippen LogP contribution is 2.32. The van der Waals surface area contributed by atoms with E-state index >= 15 is 0 Å². The number of hydrogen-bond donors (Lipinski definition) is 0. The van der Waals surface area contributed by atoms with Crippen molar-refractivity contribution >= 4 is 34.3 Å². The SMILES string of the molecule is Cc1nc(-c2cccs2)sc1C(=O)N1CCN(c2ccccc2)CC1. The van der Waals surface area contributed by atoms with Crippen LogP contribution in [0.3, 0.4) is 0 Å². The number of nitrogens with zero attached hydrogens (tertiary/aromatic N) is 3. The highest BCUT2D eigenvalue weighted by molar-refractivity contribution is 7.22. The first-order chi connectivity index (χ1) is 12.2. The summed E-state index contributed by atoms with van der Waals surface area (Å²) in [4.78, 5) is 23.7. The number of aromatic nitrogens is 1. The average molecular weight is 370 g/mol. The molecule has 0 atom stereocenters. The molecule has 25 heavy (non-hydrogen) atoms. The van der Waals surface area contributed by atoms with E-state index in [4.69, 9.17) is 0 Å². The van der Waals surface area contributed by atoms with Gasteiger partial charge in [0.15, 0.2) is 0 Å². The molecule has 1 fully saturated rings. The number of hydrogen-bond acceptors (Lipinski definition) is 5. The van der Waals surface area contributed by atoms with Gasteiger partial charge in [-0.05, 0) is 30.5 Å². The van der Waals surface area contributed by atoms with Crippen molar-refractivity contribution in [1.82, 2.24) is 9.88 Å². The molecule has 2 aromatic heterocycles. The normalized spacial score (nSPS) is 14.8. The summed E-state index contributed by atoms with van der Waals surface area (Å²) in [5.74, 6) is 0.116. The van der Waals surface area contributed by atoms with Gasteiger partial charge in [-0.1, -0.05) is 24.3 Å². The summed E-state index contributed by atoms with van der Waals surface area (Å²) in [6.07, 6.45) is 0. The van der Waals surface area contributed by atoms with Crippen molar-refractivity contribution in [3.8, 4) is 9.88 Å². The van der Waals surface area contributed by atoms with Gasteiger partial charge in [-0.15, -0.1) is 22.7 Å². The number of amides is 1. The summed E-state index contributed by atoms with van der Waals surface area (Å²) in [6, 6.07) is 14.5. The first-order valence-corrected chi connectivity index (χ1v) is 10.0. The Morgan fingerprint density at radius 2 is 1.80 bits per heavy atom. The molecule has 128 valence electrons. The molecule has 0 radical (unpaired) electrons. The minimum absolute atomic E-state index is 0.116. The number of carbonyl (C=O) groups is 1. The van der Waals surface area contributed by atoms with E-state index in [1.807, 2.05) is 29.3 Å². The van der Waals surface area contributed by atoms with E-state index in [1.54, 1.807) is 11.3 Å². The molecule has 4 rings (SSSR count). The van der Waals surface area contributed by atoms with Gasteiger partial charge in [-0.2, -0.15) is 0 Å². The number of thiophene rings is 1. The topological polar surface area (TPSA) is 36.4 Å². The Kier molecular flexibility index (Phi) is 4.55. The molecule has 1 aliphatic rings. The number of benzene rings is 1. The van der Waals surface area contributed by atoms with Crippen molar-refractivity contribution < 1.29 is 4.79 Å². The van der Waals surface area contributed by atoms with Crippen LogP contribution in [0.15, 0.2) is 47.8 Å². The summed E-state index contributed by atoms with van der Waals surface area (Å²) in [6.45, 7) is 5.16. The van der Waals surface area contributed by atoms with Crippen LogP contribution in [0.1, 0.15) is 15.4 Å². The fourth-order valence-corrected chi connectivity index (χ4v) is 4.88. The zero-order valence-corrected chi connectivity index (χ0v) is 15.6. The molecule has 0 bridgehead atoms. The van der Waals surface area contributed by atoms with Crippen molar-refractivity contribution in [2.75, 3.05) is 31.1 Å². The number of piperazine rings is 1. The summed E-state index contributed by atoms with van der Waals surface area (Å²) < 4.78 is 0. The van der Waals surface area contributed by atoms with Gasteiger partial charge in [0.1, 0.15) is 9.88 Å². The minimum Gasteiger partial charge on any atom is -0.368 e. The van der Waals surface area contributed by atoms with E-state index in [0.29, 0.717) is 0 Å². The van der Waals surface area contributed by atoms with Crippen LogP contribution in [-0.4, -0.2) is 42.0 Å². The van der Waals surface area contributed by atoms with Gasteiger partial charge in [0.25, 0.3) is 5.91 Å². The summed E-state index contributed by atoms with van der Waals surface area (Å²) >= 11 is 3.17. The maximum absolute atomic E-state index is 12.9. The Balaban J connectivity index is 1.46. The van der Waals surface area contributed by atoms with Crippen LogP contribution in [0.2, 0.25) is 0 Å². The first kappa shape index (κ1) is 16.3. The van der Waals surface area contributed by atoms with Gasteiger partial charge in [-0.25, -0.2) is 4.98 Å². The molecule has 6 heteroatoms. The zero-order chi connectivity index (χ0) is 17.2. The van der Waals surface area contributed by atoms with Gasteiger partial charge in [0, 0.05) is 31.9 Å². The number of thiazole rings is 1. The molecule has 0 aliphatic carbocycles. The Hall–Kier alpha value is -2.18. The lowest BCUT2D eigenvalue weighted by atomic mass is 10.2. The van der Waals surface area contributed by atoms with Crippen molar-refractivity contribution in [2.45, 2.75) is 6.92 Å². The lowest BCUT2D eigenvalue weighted by Crippen LogP contribution is -2.48. The molecular formula is C19H19N3OS2. The molecule has 3 aromatic rings. The third kappa shape index (κ3) is 3.32. The monoisotopic (exact) mass is 369 g/mol. The van der Waals surface area contributed by atoms with Crippen LogP contribution < -0.4 is 4.90 Å². The van der Waals surface area contributed by atoms with Crippen LogP contribution in [0, 0.1) is 6.92 Å². The van der Waals surface area contributed by atoms with E-state index in [2.05, 4.69) is 40.2 Å². The summed E-state index contributed by atoms with van der Waals surface area (Å²) in [5.41, 5.74) is 2.06. The van der Waals surface area contributed by atoms with Crippen LogP contribution in [0.25, 0.3) is 9.88 Å². The standard InChI is InChI=1S/C19H19N3OS2/c1-14-17(25-18(20-14)16-8-5-13-24-16)19(23)22-11-9-21(10-12-22)15-6-3-2-4-7-15/h2-8,13H,9-12H2,1H3. The molecule has 1 aliphatic heterocycles. The third-order valence-electron chi connectivity index (χ3n) is 4.41. The van der Waals surface area contributed by atoms with Crippen molar-refractivity contribution in [3.63, 3.8) is 0 Å². The second kappa shape index (κ2) is 6.98.